The molecule has 0 aliphatic rings. The largest absolute Gasteiger partial charge is 0.375 e. The summed E-state index contributed by atoms with van der Waals surface area (Å²) in [5, 5.41) is 6.00. The SMILES string of the molecule is Cc1cc(C)cc(NC(=O)CNc2ccccc2Br)c1. The van der Waals surface area contributed by atoms with E-state index in [9.17, 15) is 4.79 Å². The molecule has 104 valence electrons. The molecule has 0 aromatic heterocycles. The molecule has 0 saturated carbocycles. The lowest BCUT2D eigenvalue weighted by Gasteiger charge is -2.10. The third kappa shape index (κ3) is 4.10. The third-order valence-corrected chi connectivity index (χ3v) is 3.51. The number of para-hydroxylation sites is 1. The summed E-state index contributed by atoms with van der Waals surface area (Å²) in [7, 11) is 0. The Hall–Kier alpha value is -1.81. The Labute approximate surface area is 127 Å². The Kier molecular flexibility index (Phi) is 4.79. The maximum Gasteiger partial charge on any atom is 0.243 e. The summed E-state index contributed by atoms with van der Waals surface area (Å²) in [6.45, 7) is 4.26. The molecule has 2 aromatic rings. The summed E-state index contributed by atoms with van der Waals surface area (Å²) in [5.74, 6) is -0.0641. The van der Waals surface area contributed by atoms with E-state index in [4.69, 9.17) is 0 Å². The fourth-order valence-electron chi connectivity index (χ4n) is 2.03. The van der Waals surface area contributed by atoms with Gasteiger partial charge in [0.05, 0.1) is 6.54 Å². The minimum atomic E-state index is -0.0641. The predicted molar refractivity (Wildman–Crippen MR) is 87.2 cm³/mol. The van der Waals surface area contributed by atoms with Gasteiger partial charge in [-0.1, -0.05) is 18.2 Å². The molecule has 2 N–H and O–H groups in total. The van der Waals surface area contributed by atoms with E-state index in [0.717, 1.165) is 27.0 Å². The molecule has 1 amide bonds. The van der Waals surface area contributed by atoms with Crippen molar-refractivity contribution >= 4 is 33.2 Å². The van der Waals surface area contributed by atoms with Crippen molar-refractivity contribution in [1.29, 1.82) is 0 Å². The molecular weight excluding hydrogens is 316 g/mol. The van der Waals surface area contributed by atoms with Crippen LogP contribution in [0.4, 0.5) is 11.4 Å². The van der Waals surface area contributed by atoms with Gasteiger partial charge in [-0.05, 0) is 65.2 Å². The molecule has 3 nitrogen and oxygen atoms in total. The summed E-state index contributed by atoms with van der Waals surface area (Å²) in [5.41, 5.74) is 4.02. The molecule has 0 fully saturated rings. The van der Waals surface area contributed by atoms with Crippen LogP contribution in [0.1, 0.15) is 11.1 Å². The third-order valence-electron chi connectivity index (χ3n) is 2.82. The maximum absolute atomic E-state index is 11.9. The molecule has 0 aliphatic heterocycles. The van der Waals surface area contributed by atoms with E-state index < -0.39 is 0 Å². The summed E-state index contributed by atoms with van der Waals surface area (Å²) >= 11 is 3.44. The van der Waals surface area contributed by atoms with Gasteiger partial charge in [0.1, 0.15) is 0 Å². The highest BCUT2D eigenvalue weighted by molar-refractivity contribution is 9.10. The van der Waals surface area contributed by atoms with Crippen LogP contribution in [0.2, 0.25) is 0 Å². The number of anilines is 2. The van der Waals surface area contributed by atoms with Crippen molar-refractivity contribution in [3.8, 4) is 0 Å². The summed E-state index contributed by atoms with van der Waals surface area (Å²) in [6.07, 6.45) is 0. The van der Waals surface area contributed by atoms with Crippen LogP contribution in [0.5, 0.6) is 0 Å². The van der Waals surface area contributed by atoms with E-state index in [1.807, 2.05) is 50.2 Å². The first-order valence-electron chi connectivity index (χ1n) is 6.41. The normalized spacial score (nSPS) is 10.2. The summed E-state index contributed by atoms with van der Waals surface area (Å²) in [6, 6.07) is 13.7. The molecule has 0 radical (unpaired) electrons. The van der Waals surface area contributed by atoms with Gasteiger partial charge in [-0.2, -0.15) is 0 Å². The van der Waals surface area contributed by atoms with Crippen molar-refractivity contribution in [3.63, 3.8) is 0 Å². The standard InChI is InChI=1S/C16H17BrN2O/c1-11-7-12(2)9-13(8-11)19-16(20)10-18-15-6-4-3-5-14(15)17/h3-9,18H,10H2,1-2H3,(H,19,20). The fourth-order valence-corrected chi connectivity index (χ4v) is 2.46. The molecule has 0 bridgehead atoms. The molecule has 0 spiro atoms. The van der Waals surface area contributed by atoms with Crippen LogP contribution in [-0.4, -0.2) is 12.5 Å². The van der Waals surface area contributed by atoms with Crippen LogP contribution in [0.15, 0.2) is 46.9 Å². The first kappa shape index (κ1) is 14.6. The van der Waals surface area contributed by atoms with Gasteiger partial charge in [0.2, 0.25) is 5.91 Å². The maximum atomic E-state index is 11.9. The number of aryl methyl sites for hydroxylation is 2. The van der Waals surface area contributed by atoms with Crippen LogP contribution >= 0.6 is 15.9 Å². The highest BCUT2D eigenvalue weighted by Crippen LogP contribution is 2.21. The van der Waals surface area contributed by atoms with Crippen LogP contribution in [-0.2, 0) is 4.79 Å². The number of halogens is 1. The number of carbonyl (C=O) groups is 1. The molecule has 2 aromatic carbocycles. The second-order valence-electron chi connectivity index (χ2n) is 4.76. The van der Waals surface area contributed by atoms with Gasteiger partial charge in [-0.3, -0.25) is 4.79 Å². The fraction of sp³-hybridized carbons (Fsp3) is 0.188. The Morgan fingerprint density at radius 2 is 1.75 bits per heavy atom. The van der Waals surface area contributed by atoms with Gasteiger partial charge in [0, 0.05) is 15.8 Å². The zero-order valence-electron chi connectivity index (χ0n) is 11.5. The molecule has 4 heteroatoms. The van der Waals surface area contributed by atoms with E-state index in [-0.39, 0.29) is 12.5 Å². The van der Waals surface area contributed by atoms with Gasteiger partial charge in [0.15, 0.2) is 0 Å². The monoisotopic (exact) mass is 332 g/mol. The van der Waals surface area contributed by atoms with Crippen LogP contribution < -0.4 is 10.6 Å². The summed E-state index contributed by atoms with van der Waals surface area (Å²) < 4.78 is 0.944. The van der Waals surface area contributed by atoms with Crippen LogP contribution in [0.3, 0.4) is 0 Å². The van der Waals surface area contributed by atoms with E-state index in [2.05, 4.69) is 32.6 Å². The minimum Gasteiger partial charge on any atom is -0.375 e. The molecular formula is C16H17BrN2O. The number of hydrogen-bond donors (Lipinski definition) is 2. The topological polar surface area (TPSA) is 41.1 Å². The molecule has 0 saturated heterocycles. The lowest BCUT2D eigenvalue weighted by molar-refractivity contribution is -0.114. The average molecular weight is 333 g/mol. The molecule has 2 rings (SSSR count). The molecule has 0 atom stereocenters. The number of hydrogen-bond acceptors (Lipinski definition) is 2. The lowest BCUT2D eigenvalue weighted by atomic mass is 10.1. The zero-order chi connectivity index (χ0) is 14.5. The number of carbonyl (C=O) groups excluding carboxylic acids is 1. The van der Waals surface area contributed by atoms with E-state index in [1.165, 1.54) is 0 Å². The minimum absolute atomic E-state index is 0.0641. The molecule has 0 unspecified atom stereocenters. The lowest BCUT2D eigenvalue weighted by Crippen LogP contribution is -2.21. The van der Waals surface area contributed by atoms with Gasteiger partial charge in [0.25, 0.3) is 0 Å². The van der Waals surface area contributed by atoms with Crippen molar-refractivity contribution in [2.75, 3.05) is 17.2 Å². The number of benzene rings is 2. The van der Waals surface area contributed by atoms with Crippen LogP contribution in [0.25, 0.3) is 0 Å². The number of amides is 1. The Balaban J connectivity index is 1.94. The van der Waals surface area contributed by atoms with Crippen molar-refractivity contribution in [3.05, 3.63) is 58.1 Å². The highest BCUT2D eigenvalue weighted by Gasteiger charge is 2.04. The van der Waals surface area contributed by atoms with E-state index >= 15 is 0 Å². The highest BCUT2D eigenvalue weighted by atomic mass is 79.9. The Bertz CT molecular complexity index is 605. The van der Waals surface area contributed by atoms with Crippen molar-refractivity contribution in [2.45, 2.75) is 13.8 Å². The second kappa shape index (κ2) is 6.57. The molecule has 0 heterocycles. The van der Waals surface area contributed by atoms with E-state index in [0.29, 0.717) is 0 Å². The van der Waals surface area contributed by atoms with Crippen molar-refractivity contribution in [2.24, 2.45) is 0 Å². The smallest absolute Gasteiger partial charge is 0.243 e. The second-order valence-corrected chi connectivity index (χ2v) is 5.61. The van der Waals surface area contributed by atoms with Crippen molar-refractivity contribution in [1.82, 2.24) is 0 Å². The van der Waals surface area contributed by atoms with E-state index in [1.54, 1.807) is 0 Å². The van der Waals surface area contributed by atoms with Crippen LogP contribution in [0, 0.1) is 13.8 Å². The van der Waals surface area contributed by atoms with Gasteiger partial charge in [-0.25, -0.2) is 0 Å². The predicted octanol–water partition coefficient (Wildman–Crippen LogP) is 4.12. The molecule has 0 aliphatic carbocycles. The Morgan fingerprint density at radius 1 is 1.10 bits per heavy atom. The quantitative estimate of drug-likeness (QED) is 0.884. The number of nitrogens with one attached hydrogen (secondary N) is 2. The van der Waals surface area contributed by atoms with Gasteiger partial charge in [-0.15, -0.1) is 0 Å². The van der Waals surface area contributed by atoms with Gasteiger partial charge >= 0.3 is 0 Å². The average Bonchev–Trinajstić information content (AvgIpc) is 2.36. The first-order chi connectivity index (χ1) is 9.54. The first-order valence-corrected chi connectivity index (χ1v) is 7.20. The number of rotatable bonds is 4. The van der Waals surface area contributed by atoms with Crippen molar-refractivity contribution < 1.29 is 4.79 Å². The summed E-state index contributed by atoms with van der Waals surface area (Å²) in [4.78, 5) is 11.9. The zero-order valence-corrected chi connectivity index (χ0v) is 13.1. The molecule has 20 heavy (non-hydrogen) atoms. The Morgan fingerprint density at radius 3 is 2.40 bits per heavy atom. The van der Waals surface area contributed by atoms with Gasteiger partial charge < -0.3 is 10.6 Å².